The van der Waals surface area contributed by atoms with Gasteiger partial charge in [-0.1, -0.05) is 18.2 Å². The third-order valence-electron chi connectivity index (χ3n) is 3.69. The molecule has 0 saturated carbocycles. The molecule has 0 aliphatic carbocycles. The van der Waals surface area contributed by atoms with E-state index in [1.54, 1.807) is 4.90 Å². The van der Waals surface area contributed by atoms with Crippen molar-refractivity contribution in [3.05, 3.63) is 29.8 Å². The van der Waals surface area contributed by atoms with Crippen LogP contribution in [0.15, 0.2) is 24.3 Å². The van der Waals surface area contributed by atoms with Gasteiger partial charge in [-0.25, -0.2) is 13.2 Å². The van der Waals surface area contributed by atoms with Crippen molar-refractivity contribution in [3.8, 4) is 0 Å². The first-order valence-corrected chi connectivity index (χ1v) is 8.24. The van der Waals surface area contributed by atoms with Gasteiger partial charge in [0.15, 0.2) is 9.84 Å². The Morgan fingerprint density at radius 3 is 2.84 bits per heavy atom. The third kappa shape index (κ3) is 2.45. The SMILES string of the molecule is O=C(NC1CCS(=O)(=O)C1)N1CCc2ccccc21. The third-order valence-corrected chi connectivity index (χ3v) is 5.46. The van der Waals surface area contributed by atoms with Crippen LogP contribution in [-0.2, 0) is 16.3 Å². The molecule has 102 valence electrons. The van der Waals surface area contributed by atoms with Gasteiger partial charge in [0, 0.05) is 18.3 Å². The number of urea groups is 1. The van der Waals surface area contributed by atoms with E-state index >= 15 is 0 Å². The monoisotopic (exact) mass is 280 g/mol. The molecule has 2 aliphatic rings. The molecule has 0 spiro atoms. The van der Waals surface area contributed by atoms with Crippen LogP contribution >= 0.6 is 0 Å². The van der Waals surface area contributed by atoms with Crippen LogP contribution in [0.5, 0.6) is 0 Å². The van der Waals surface area contributed by atoms with Crippen molar-refractivity contribution in [2.75, 3.05) is 23.0 Å². The second kappa shape index (κ2) is 4.52. The number of hydrogen-bond donors (Lipinski definition) is 1. The minimum absolute atomic E-state index is 0.0637. The average molecular weight is 280 g/mol. The molecule has 2 aliphatic heterocycles. The first-order chi connectivity index (χ1) is 9.05. The van der Waals surface area contributed by atoms with Crippen molar-refractivity contribution in [1.82, 2.24) is 5.32 Å². The molecule has 6 heteroatoms. The number of benzene rings is 1. The summed E-state index contributed by atoms with van der Waals surface area (Å²) < 4.78 is 22.8. The number of hydrogen-bond acceptors (Lipinski definition) is 3. The average Bonchev–Trinajstić information content (AvgIpc) is 2.92. The molecule has 1 atom stereocenters. The smallest absolute Gasteiger partial charge is 0.322 e. The van der Waals surface area contributed by atoms with Crippen LogP contribution in [0.3, 0.4) is 0 Å². The Morgan fingerprint density at radius 1 is 1.32 bits per heavy atom. The first-order valence-electron chi connectivity index (χ1n) is 6.41. The number of anilines is 1. The number of nitrogens with zero attached hydrogens (tertiary/aromatic N) is 1. The van der Waals surface area contributed by atoms with Gasteiger partial charge >= 0.3 is 6.03 Å². The highest BCUT2D eigenvalue weighted by molar-refractivity contribution is 7.91. The maximum atomic E-state index is 12.2. The molecule has 2 heterocycles. The van der Waals surface area contributed by atoms with E-state index in [2.05, 4.69) is 5.32 Å². The molecule has 1 saturated heterocycles. The molecule has 1 aromatic carbocycles. The molecule has 1 N–H and O–H groups in total. The van der Waals surface area contributed by atoms with Gasteiger partial charge < -0.3 is 5.32 Å². The van der Waals surface area contributed by atoms with Crippen molar-refractivity contribution in [1.29, 1.82) is 0 Å². The standard InChI is InChI=1S/C13H16N2O3S/c16-13(14-11-6-8-19(17,18)9-11)15-7-5-10-3-1-2-4-12(10)15/h1-4,11H,5-9H2,(H,14,16). The normalized spacial score (nSPS) is 24.2. The highest BCUT2D eigenvalue weighted by Gasteiger charge is 2.31. The quantitative estimate of drug-likeness (QED) is 0.832. The fourth-order valence-electron chi connectivity index (χ4n) is 2.71. The van der Waals surface area contributed by atoms with E-state index < -0.39 is 9.84 Å². The number of carbonyl (C=O) groups is 1. The van der Waals surface area contributed by atoms with Gasteiger partial charge in [0.2, 0.25) is 0 Å². The van der Waals surface area contributed by atoms with Crippen LogP contribution in [0, 0.1) is 0 Å². The molecule has 0 radical (unpaired) electrons. The fraction of sp³-hybridized carbons (Fsp3) is 0.462. The van der Waals surface area contributed by atoms with Gasteiger partial charge in [0.25, 0.3) is 0 Å². The number of rotatable bonds is 1. The lowest BCUT2D eigenvalue weighted by molar-refractivity contribution is 0.244. The first kappa shape index (κ1) is 12.5. The molecule has 0 aromatic heterocycles. The molecule has 5 nitrogen and oxygen atoms in total. The Balaban J connectivity index is 1.70. The molecule has 19 heavy (non-hydrogen) atoms. The number of carbonyl (C=O) groups excluding carboxylic acids is 1. The Hall–Kier alpha value is -1.56. The Morgan fingerprint density at radius 2 is 2.11 bits per heavy atom. The van der Waals surface area contributed by atoms with Crippen molar-refractivity contribution in [2.45, 2.75) is 18.9 Å². The van der Waals surface area contributed by atoms with Crippen molar-refractivity contribution >= 4 is 21.6 Å². The fourth-order valence-corrected chi connectivity index (χ4v) is 4.38. The topological polar surface area (TPSA) is 66.5 Å². The van der Waals surface area contributed by atoms with Gasteiger partial charge in [0.1, 0.15) is 0 Å². The zero-order valence-electron chi connectivity index (χ0n) is 10.5. The Bertz CT molecular complexity index is 612. The Kier molecular flexibility index (Phi) is 2.97. The van der Waals surface area contributed by atoms with Crippen LogP contribution in [0.2, 0.25) is 0 Å². The van der Waals surface area contributed by atoms with Crippen molar-refractivity contribution in [3.63, 3.8) is 0 Å². The molecule has 0 bridgehead atoms. The van der Waals surface area contributed by atoms with E-state index in [0.29, 0.717) is 13.0 Å². The van der Waals surface area contributed by atoms with Crippen LogP contribution < -0.4 is 10.2 Å². The number of amides is 2. The number of sulfone groups is 1. The maximum Gasteiger partial charge on any atom is 0.322 e. The van der Waals surface area contributed by atoms with Crippen LogP contribution in [-0.4, -0.2) is 38.5 Å². The molecule has 1 fully saturated rings. The largest absolute Gasteiger partial charge is 0.334 e. The summed E-state index contributed by atoms with van der Waals surface area (Å²) in [6.45, 7) is 0.657. The summed E-state index contributed by atoms with van der Waals surface area (Å²) in [5, 5.41) is 2.83. The van der Waals surface area contributed by atoms with Crippen molar-refractivity contribution < 1.29 is 13.2 Å². The summed E-state index contributed by atoms with van der Waals surface area (Å²) in [5.41, 5.74) is 2.09. The van der Waals surface area contributed by atoms with E-state index in [1.165, 1.54) is 0 Å². The number of fused-ring (bicyclic) bond motifs is 1. The maximum absolute atomic E-state index is 12.2. The lowest BCUT2D eigenvalue weighted by Gasteiger charge is -2.20. The summed E-state index contributed by atoms with van der Waals surface area (Å²) in [5.74, 6) is 0.239. The summed E-state index contributed by atoms with van der Waals surface area (Å²) >= 11 is 0. The summed E-state index contributed by atoms with van der Waals surface area (Å²) in [4.78, 5) is 13.9. The van der Waals surface area contributed by atoms with Gasteiger partial charge in [-0.3, -0.25) is 4.90 Å². The van der Waals surface area contributed by atoms with Gasteiger partial charge in [-0.2, -0.15) is 0 Å². The molecule has 2 amide bonds. The lowest BCUT2D eigenvalue weighted by Crippen LogP contribution is -2.44. The van der Waals surface area contributed by atoms with Crippen LogP contribution in [0.1, 0.15) is 12.0 Å². The zero-order valence-corrected chi connectivity index (χ0v) is 11.3. The number of nitrogens with one attached hydrogen (secondary N) is 1. The van der Waals surface area contributed by atoms with Crippen LogP contribution in [0.25, 0.3) is 0 Å². The minimum Gasteiger partial charge on any atom is -0.334 e. The Labute approximate surface area is 112 Å². The van der Waals surface area contributed by atoms with Crippen LogP contribution in [0.4, 0.5) is 10.5 Å². The second-order valence-corrected chi connectivity index (χ2v) is 7.31. The second-order valence-electron chi connectivity index (χ2n) is 5.08. The summed E-state index contributed by atoms with van der Waals surface area (Å²) in [6.07, 6.45) is 1.37. The van der Waals surface area contributed by atoms with E-state index in [1.807, 2.05) is 24.3 Å². The highest BCUT2D eigenvalue weighted by atomic mass is 32.2. The molecular weight excluding hydrogens is 264 g/mol. The molecule has 1 unspecified atom stereocenters. The van der Waals surface area contributed by atoms with Gasteiger partial charge in [0.05, 0.1) is 11.5 Å². The van der Waals surface area contributed by atoms with Gasteiger partial charge in [-0.05, 0) is 24.5 Å². The molecule has 1 aromatic rings. The molecule has 3 rings (SSSR count). The van der Waals surface area contributed by atoms with Crippen molar-refractivity contribution in [2.24, 2.45) is 0 Å². The van der Waals surface area contributed by atoms with E-state index in [9.17, 15) is 13.2 Å². The minimum atomic E-state index is -2.96. The zero-order chi connectivity index (χ0) is 13.5. The van der Waals surface area contributed by atoms with Gasteiger partial charge in [-0.15, -0.1) is 0 Å². The predicted molar refractivity (Wildman–Crippen MR) is 73.1 cm³/mol. The summed E-state index contributed by atoms with van der Waals surface area (Å²) in [7, 11) is -2.96. The molecular formula is C13H16N2O3S. The van der Waals surface area contributed by atoms with E-state index in [-0.39, 0.29) is 23.6 Å². The van der Waals surface area contributed by atoms with E-state index in [0.717, 1.165) is 17.7 Å². The highest BCUT2D eigenvalue weighted by Crippen LogP contribution is 2.27. The summed E-state index contributed by atoms with van der Waals surface area (Å²) in [6, 6.07) is 7.38. The predicted octanol–water partition coefficient (Wildman–Crippen LogP) is 0.946. The lowest BCUT2D eigenvalue weighted by atomic mass is 10.2. The van der Waals surface area contributed by atoms with E-state index in [4.69, 9.17) is 0 Å². The number of para-hydroxylation sites is 1.